The van der Waals surface area contributed by atoms with Gasteiger partial charge in [-0.1, -0.05) is 37.3 Å². The lowest BCUT2D eigenvalue weighted by molar-refractivity contribution is -0.124. The highest BCUT2D eigenvalue weighted by Crippen LogP contribution is 2.37. The summed E-state index contributed by atoms with van der Waals surface area (Å²) in [5, 5.41) is 12.7. The summed E-state index contributed by atoms with van der Waals surface area (Å²) in [6.07, 6.45) is 3.29. The molecule has 2 unspecified atom stereocenters. The van der Waals surface area contributed by atoms with Crippen LogP contribution < -0.4 is 10.2 Å². The number of benzene rings is 2. The maximum absolute atomic E-state index is 13.2. The molecule has 2 heterocycles. The van der Waals surface area contributed by atoms with E-state index >= 15 is 0 Å². The molecule has 4 rings (SSSR count). The Morgan fingerprint density at radius 1 is 1.25 bits per heavy atom. The predicted octanol–water partition coefficient (Wildman–Crippen LogP) is 3.36. The smallest absolute Gasteiger partial charge is 0.231 e. The van der Waals surface area contributed by atoms with Crippen LogP contribution in [0.4, 0.5) is 5.69 Å². The number of nitriles is 1. The summed E-state index contributed by atoms with van der Waals surface area (Å²) < 4.78 is 0. The van der Waals surface area contributed by atoms with Gasteiger partial charge < -0.3 is 15.1 Å². The molecule has 1 saturated heterocycles. The maximum atomic E-state index is 13.2. The van der Waals surface area contributed by atoms with Crippen molar-refractivity contribution in [2.45, 2.75) is 26.4 Å². The van der Waals surface area contributed by atoms with Crippen molar-refractivity contribution in [2.24, 2.45) is 11.8 Å². The van der Waals surface area contributed by atoms with Crippen LogP contribution in [0, 0.1) is 23.3 Å². The van der Waals surface area contributed by atoms with E-state index in [1.165, 1.54) is 5.56 Å². The van der Waals surface area contributed by atoms with Crippen LogP contribution >= 0.6 is 0 Å². The zero-order chi connectivity index (χ0) is 19.7. The Bertz CT molecular complexity index is 918. The van der Waals surface area contributed by atoms with E-state index in [0.717, 1.165) is 41.9 Å². The van der Waals surface area contributed by atoms with Crippen LogP contribution in [0.1, 0.15) is 24.5 Å². The van der Waals surface area contributed by atoms with Crippen LogP contribution in [-0.2, 0) is 17.9 Å². The van der Waals surface area contributed by atoms with Crippen molar-refractivity contribution >= 4 is 11.6 Å². The molecule has 144 valence electrons. The van der Waals surface area contributed by atoms with E-state index in [1.54, 1.807) is 9.80 Å². The Labute approximate surface area is 166 Å². The highest BCUT2D eigenvalue weighted by molar-refractivity contribution is 5.96. The first-order chi connectivity index (χ1) is 13.6. The fourth-order valence-electron chi connectivity index (χ4n) is 4.33. The minimum Gasteiger partial charge on any atom is -0.316 e. The first kappa shape index (κ1) is 18.5. The number of amides is 1. The Hall–Kier alpha value is -2.84. The van der Waals surface area contributed by atoms with Gasteiger partial charge in [0, 0.05) is 19.3 Å². The van der Waals surface area contributed by atoms with E-state index in [-0.39, 0.29) is 11.8 Å². The zero-order valence-electron chi connectivity index (χ0n) is 16.5. The van der Waals surface area contributed by atoms with Gasteiger partial charge in [-0.15, -0.1) is 0 Å². The van der Waals surface area contributed by atoms with Crippen LogP contribution in [-0.4, -0.2) is 30.9 Å². The third-order valence-electron chi connectivity index (χ3n) is 6.13. The summed E-state index contributed by atoms with van der Waals surface area (Å²) in [6, 6.07) is 14.4. The molecule has 5 nitrogen and oxygen atoms in total. The van der Waals surface area contributed by atoms with Crippen molar-refractivity contribution in [2.75, 3.05) is 25.0 Å². The van der Waals surface area contributed by atoms with Crippen molar-refractivity contribution in [3.05, 3.63) is 53.6 Å². The molecule has 0 saturated carbocycles. The van der Waals surface area contributed by atoms with Gasteiger partial charge in [-0.05, 0) is 53.3 Å². The van der Waals surface area contributed by atoms with Crippen molar-refractivity contribution in [3.8, 4) is 17.3 Å². The van der Waals surface area contributed by atoms with Crippen LogP contribution in [0.25, 0.3) is 11.1 Å². The first-order valence-electron chi connectivity index (χ1n) is 9.92. The summed E-state index contributed by atoms with van der Waals surface area (Å²) in [5.74, 6) is 0.546. The molecule has 0 bridgehead atoms. The number of hydrogen-bond donors (Lipinski definition) is 1. The molecule has 2 aliphatic rings. The van der Waals surface area contributed by atoms with Gasteiger partial charge in [0.1, 0.15) is 0 Å². The molecule has 0 spiro atoms. The summed E-state index contributed by atoms with van der Waals surface area (Å²) in [4.78, 5) is 16.8. The molecule has 1 amide bonds. The SMILES string of the molecule is CC1CCNCC1C(=O)N(C)c1cc2c(c(-c3ccccc3)c1)CN(C#N)C2. The average molecular weight is 374 g/mol. The standard InChI is InChI=1S/C23H26N4O/c1-16-8-9-25-12-21(16)23(28)26(2)19-10-18-13-27(15-24)14-22(18)20(11-19)17-6-4-3-5-7-17/h3-7,10-11,16,21,25H,8-9,12-14H2,1-2H3. The highest BCUT2D eigenvalue weighted by Gasteiger charge is 2.31. The molecule has 2 aliphatic heterocycles. The number of nitrogens with one attached hydrogen (secondary N) is 1. The molecular formula is C23H26N4O. The summed E-state index contributed by atoms with van der Waals surface area (Å²) >= 11 is 0. The van der Waals surface area contributed by atoms with E-state index in [1.807, 2.05) is 25.2 Å². The van der Waals surface area contributed by atoms with Gasteiger partial charge in [-0.25, -0.2) is 0 Å². The van der Waals surface area contributed by atoms with Gasteiger partial charge in [0.2, 0.25) is 5.91 Å². The quantitative estimate of drug-likeness (QED) is 0.837. The molecule has 2 aromatic rings. The third kappa shape index (κ3) is 3.36. The second-order valence-electron chi connectivity index (χ2n) is 7.93. The molecule has 0 aliphatic carbocycles. The van der Waals surface area contributed by atoms with Crippen LogP contribution in [0.2, 0.25) is 0 Å². The molecule has 2 aromatic carbocycles. The van der Waals surface area contributed by atoms with Crippen molar-refractivity contribution in [1.29, 1.82) is 5.26 Å². The Kier molecular flexibility index (Phi) is 5.06. The highest BCUT2D eigenvalue weighted by atomic mass is 16.2. The predicted molar refractivity (Wildman–Crippen MR) is 110 cm³/mol. The van der Waals surface area contributed by atoms with Crippen LogP contribution in [0.15, 0.2) is 42.5 Å². The Morgan fingerprint density at radius 2 is 2.04 bits per heavy atom. The number of hydrogen-bond acceptors (Lipinski definition) is 4. The topological polar surface area (TPSA) is 59.4 Å². The molecule has 0 aromatic heterocycles. The van der Waals surface area contributed by atoms with Gasteiger partial charge in [-0.3, -0.25) is 4.79 Å². The van der Waals surface area contributed by atoms with E-state index in [4.69, 9.17) is 0 Å². The van der Waals surface area contributed by atoms with Gasteiger partial charge >= 0.3 is 0 Å². The first-order valence-corrected chi connectivity index (χ1v) is 9.92. The van der Waals surface area contributed by atoms with Gasteiger partial charge in [-0.2, -0.15) is 5.26 Å². The van der Waals surface area contributed by atoms with Crippen molar-refractivity contribution < 1.29 is 4.79 Å². The lowest BCUT2D eigenvalue weighted by atomic mass is 9.87. The molecule has 5 heteroatoms. The normalized spacial score (nSPS) is 21.1. The Balaban J connectivity index is 1.72. The lowest BCUT2D eigenvalue weighted by Gasteiger charge is -2.32. The molecule has 1 fully saturated rings. The largest absolute Gasteiger partial charge is 0.316 e. The van der Waals surface area contributed by atoms with Gasteiger partial charge in [0.15, 0.2) is 6.19 Å². The third-order valence-corrected chi connectivity index (χ3v) is 6.13. The van der Waals surface area contributed by atoms with Gasteiger partial charge in [0.25, 0.3) is 0 Å². The van der Waals surface area contributed by atoms with E-state index in [2.05, 4.69) is 42.7 Å². The molecule has 28 heavy (non-hydrogen) atoms. The van der Waals surface area contributed by atoms with Crippen LogP contribution in [0.3, 0.4) is 0 Å². The molecule has 2 atom stereocenters. The number of carbonyl (C=O) groups excluding carboxylic acids is 1. The molecular weight excluding hydrogens is 348 g/mol. The van der Waals surface area contributed by atoms with E-state index < -0.39 is 0 Å². The number of rotatable bonds is 3. The number of piperidine rings is 1. The molecule has 1 N–H and O–H groups in total. The minimum absolute atomic E-state index is 0.00258. The molecule has 0 radical (unpaired) electrons. The summed E-state index contributed by atoms with van der Waals surface area (Å²) in [7, 11) is 1.87. The number of nitrogens with zero attached hydrogens (tertiary/aromatic N) is 3. The number of anilines is 1. The monoisotopic (exact) mass is 374 g/mol. The fraction of sp³-hybridized carbons (Fsp3) is 0.391. The average Bonchev–Trinajstić information content (AvgIpc) is 3.16. The second-order valence-corrected chi connectivity index (χ2v) is 7.93. The lowest BCUT2D eigenvalue weighted by Crippen LogP contribution is -2.45. The number of carbonyl (C=O) groups is 1. The Morgan fingerprint density at radius 3 is 2.75 bits per heavy atom. The van der Waals surface area contributed by atoms with Crippen LogP contribution in [0.5, 0.6) is 0 Å². The van der Waals surface area contributed by atoms with E-state index in [9.17, 15) is 10.1 Å². The number of fused-ring (bicyclic) bond motifs is 1. The van der Waals surface area contributed by atoms with Crippen molar-refractivity contribution in [1.82, 2.24) is 10.2 Å². The maximum Gasteiger partial charge on any atom is 0.231 e. The minimum atomic E-state index is 0.00258. The van der Waals surface area contributed by atoms with E-state index in [0.29, 0.717) is 19.0 Å². The fourth-order valence-corrected chi connectivity index (χ4v) is 4.33. The van der Waals surface area contributed by atoms with Crippen molar-refractivity contribution in [3.63, 3.8) is 0 Å². The zero-order valence-corrected chi connectivity index (χ0v) is 16.5. The summed E-state index contributed by atoms with van der Waals surface area (Å²) in [6.45, 7) is 5.11. The summed E-state index contributed by atoms with van der Waals surface area (Å²) in [5.41, 5.74) is 5.45. The van der Waals surface area contributed by atoms with Gasteiger partial charge in [0.05, 0.1) is 19.0 Å². The second kappa shape index (κ2) is 7.65.